The molecular formula is C14H16FN3O. The Balaban J connectivity index is 2.29. The van der Waals surface area contributed by atoms with Crippen molar-refractivity contribution in [3.05, 3.63) is 41.3 Å². The van der Waals surface area contributed by atoms with Gasteiger partial charge in [-0.05, 0) is 32.4 Å². The summed E-state index contributed by atoms with van der Waals surface area (Å²) in [5.41, 5.74) is 1.64. The topological polar surface area (TPSA) is 47.0 Å². The first-order valence-electron chi connectivity index (χ1n) is 6.12. The van der Waals surface area contributed by atoms with Gasteiger partial charge in [0.2, 0.25) is 11.8 Å². The van der Waals surface area contributed by atoms with E-state index in [0.717, 1.165) is 17.8 Å². The van der Waals surface area contributed by atoms with Crippen LogP contribution in [0.4, 0.5) is 10.3 Å². The largest absolute Gasteiger partial charge is 0.438 e. The van der Waals surface area contributed by atoms with Gasteiger partial charge in [-0.1, -0.05) is 6.07 Å². The van der Waals surface area contributed by atoms with Gasteiger partial charge in [0.15, 0.2) is 0 Å². The summed E-state index contributed by atoms with van der Waals surface area (Å²) in [7, 11) is 0. The molecular weight excluding hydrogens is 245 g/mol. The number of ether oxygens (including phenoxy) is 1. The van der Waals surface area contributed by atoms with Gasteiger partial charge in [-0.25, -0.2) is 9.37 Å². The fraction of sp³-hybridized carbons (Fsp3) is 0.286. The van der Waals surface area contributed by atoms with Crippen molar-refractivity contribution in [3.8, 4) is 11.6 Å². The predicted molar refractivity (Wildman–Crippen MR) is 72.1 cm³/mol. The van der Waals surface area contributed by atoms with E-state index >= 15 is 0 Å². The van der Waals surface area contributed by atoms with E-state index in [0.29, 0.717) is 17.6 Å². The lowest BCUT2D eigenvalue weighted by Crippen LogP contribution is -2.04. The average Bonchev–Trinajstić information content (AvgIpc) is 2.33. The first-order chi connectivity index (χ1) is 9.08. The summed E-state index contributed by atoms with van der Waals surface area (Å²) in [6.45, 7) is 6.40. The maximum Gasteiger partial charge on any atom is 0.226 e. The van der Waals surface area contributed by atoms with Crippen molar-refractivity contribution in [2.45, 2.75) is 20.8 Å². The maximum atomic E-state index is 13.2. The van der Waals surface area contributed by atoms with Gasteiger partial charge in [0.1, 0.15) is 11.6 Å². The second-order valence-electron chi connectivity index (χ2n) is 4.21. The minimum Gasteiger partial charge on any atom is -0.438 e. The van der Waals surface area contributed by atoms with Crippen LogP contribution in [0.25, 0.3) is 0 Å². The summed E-state index contributed by atoms with van der Waals surface area (Å²) >= 11 is 0. The quantitative estimate of drug-likeness (QED) is 0.915. The standard InChI is InChI=1S/C14H16FN3O/c1-4-16-14-17-10(3)7-13(18-14)19-12-8-11(15)6-5-9(12)2/h5-8H,4H2,1-3H3,(H,16,17,18). The van der Waals surface area contributed by atoms with Gasteiger partial charge in [-0.3, -0.25) is 0 Å². The molecule has 0 saturated carbocycles. The summed E-state index contributed by atoms with van der Waals surface area (Å²) < 4.78 is 18.8. The smallest absolute Gasteiger partial charge is 0.226 e. The molecule has 0 spiro atoms. The van der Waals surface area contributed by atoms with Crippen LogP contribution < -0.4 is 10.1 Å². The third-order valence-corrected chi connectivity index (χ3v) is 2.53. The Morgan fingerprint density at radius 2 is 2.00 bits per heavy atom. The summed E-state index contributed by atoms with van der Waals surface area (Å²) in [5, 5.41) is 3.02. The molecule has 0 aliphatic carbocycles. The molecule has 4 nitrogen and oxygen atoms in total. The van der Waals surface area contributed by atoms with Crippen molar-refractivity contribution >= 4 is 5.95 Å². The van der Waals surface area contributed by atoms with Crippen LogP contribution in [0.3, 0.4) is 0 Å². The zero-order valence-electron chi connectivity index (χ0n) is 11.2. The number of hydrogen-bond donors (Lipinski definition) is 1. The van der Waals surface area contributed by atoms with Crippen molar-refractivity contribution in [1.82, 2.24) is 9.97 Å². The van der Waals surface area contributed by atoms with E-state index in [1.807, 2.05) is 20.8 Å². The number of halogens is 1. The number of aromatic nitrogens is 2. The summed E-state index contributed by atoms with van der Waals surface area (Å²) in [6, 6.07) is 6.13. The highest BCUT2D eigenvalue weighted by Gasteiger charge is 2.07. The van der Waals surface area contributed by atoms with Crippen LogP contribution in [0, 0.1) is 19.7 Å². The number of benzene rings is 1. The Morgan fingerprint density at radius 3 is 2.74 bits per heavy atom. The number of aryl methyl sites for hydroxylation is 2. The SMILES string of the molecule is CCNc1nc(C)cc(Oc2cc(F)ccc2C)n1. The Morgan fingerprint density at radius 1 is 1.21 bits per heavy atom. The maximum absolute atomic E-state index is 13.2. The molecule has 1 aromatic carbocycles. The lowest BCUT2D eigenvalue weighted by atomic mass is 10.2. The molecule has 1 aromatic heterocycles. The number of hydrogen-bond acceptors (Lipinski definition) is 4. The first-order valence-corrected chi connectivity index (χ1v) is 6.12. The van der Waals surface area contributed by atoms with Gasteiger partial charge in [0.25, 0.3) is 0 Å². The average molecular weight is 261 g/mol. The van der Waals surface area contributed by atoms with Crippen LogP contribution in [0.2, 0.25) is 0 Å². The Labute approximate surface area is 111 Å². The molecule has 0 saturated heterocycles. The molecule has 1 heterocycles. The van der Waals surface area contributed by atoms with Crippen LogP contribution in [0.1, 0.15) is 18.2 Å². The molecule has 0 bridgehead atoms. The van der Waals surface area contributed by atoms with E-state index in [9.17, 15) is 4.39 Å². The highest BCUT2D eigenvalue weighted by molar-refractivity contribution is 5.37. The Bertz CT molecular complexity index is 587. The number of anilines is 1. The molecule has 0 radical (unpaired) electrons. The normalized spacial score (nSPS) is 10.3. The second-order valence-corrected chi connectivity index (χ2v) is 4.21. The Hall–Kier alpha value is -2.17. The summed E-state index contributed by atoms with van der Waals surface area (Å²) in [6.07, 6.45) is 0. The minimum absolute atomic E-state index is 0.335. The van der Waals surface area contributed by atoms with E-state index < -0.39 is 0 Å². The zero-order chi connectivity index (χ0) is 13.8. The van der Waals surface area contributed by atoms with Gasteiger partial charge in [0.05, 0.1) is 0 Å². The fourth-order valence-electron chi connectivity index (χ4n) is 1.63. The molecule has 2 aromatic rings. The molecule has 0 amide bonds. The summed E-state index contributed by atoms with van der Waals surface area (Å²) in [5.74, 6) is 1.03. The molecule has 0 fully saturated rings. The molecule has 0 atom stereocenters. The molecule has 5 heteroatoms. The van der Waals surface area contributed by atoms with Crippen molar-refractivity contribution in [3.63, 3.8) is 0 Å². The van der Waals surface area contributed by atoms with Gasteiger partial charge in [0, 0.05) is 24.4 Å². The second kappa shape index (κ2) is 5.65. The fourth-order valence-corrected chi connectivity index (χ4v) is 1.63. The zero-order valence-corrected chi connectivity index (χ0v) is 11.2. The monoisotopic (exact) mass is 261 g/mol. The lowest BCUT2D eigenvalue weighted by molar-refractivity contribution is 0.453. The number of nitrogens with one attached hydrogen (secondary N) is 1. The van der Waals surface area contributed by atoms with Gasteiger partial charge < -0.3 is 10.1 Å². The lowest BCUT2D eigenvalue weighted by Gasteiger charge is -2.10. The van der Waals surface area contributed by atoms with Crippen molar-refractivity contribution in [2.75, 3.05) is 11.9 Å². The van der Waals surface area contributed by atoms with Crippen LogP contribution in [0.5, 0.6) is 11.6 Å². The van der Waals surface area contributed by atoms with Crippen LogP contribution in [-0.4, -0.2) is 16.5 Å². The van der Waals surface area contributed by atoms with Crippen molar-refractivity contribution in [2.24, 2.45) is 0 Å². The number of rotatable bonds is 4. The molecule has 0 unspecified atom stereocenters. The van der Waals surface area contributed by atoms with E-state index in [1.54, 1.807) is 12.1 Å². The van der Waals surface area contributed by atoms with Gasteiger partial charge in [-0.15, -0.1) is 0 Å². The van der Waals surface area contributed by atoms with E-state index in [1.165, 1.54) is 12.1 Å². The molecule has 0 aliphatic heterocycles. The molecule has 0 aliphatic rings. The highest BCUT2D eigenvalue weighted by atomic mass is 19.1. The third kappa shape index (κ3) is 3.40. The van der Waals surface area contributed by atoms with Crippen LogP contribution in [0.15, 0.2) is 24.3 Å². The van der Waals surface area contributed by atoms with Crippen LogP contribution in [-0.2, 0) is 0 Å². The number of nitrogens with zero attached hydrogens (tertiary/aromatic N) is 2. The molecule has 19 heavy (non-hydrogen) atoms. The van der Waals surface area contributed by atoms with Gasteiger partial charge >= 0.3 is 0 Å². The molecule has 100 valence electrons. The van der Waals surface area contributed by atoms with Gasteiger partial charge in [-0.2, -0.15) is 4.98 Å². The summed E-state index contributed by atoms with van der Waals surface area (Å²) in [4.78, 5) is 8.45. The minimum atomic E-state index is -0.335. The van der Waals surface area contributed by atoms with Crippen LogP contribution >= 0.6 is 0 Å². The highest BCUT2D eigenvalue weighted by Crippen LogP contribution is 2.25. The molecule has 1 N–H and O–H groups in total. The Kier molecular flexibility index (Phi) is 3.94. The molecule has 2 rings (SSSR count). The van der Waals surface area contributed by atoms with Crippen molar-refractivity contribution in [1.29, 1.82) is 0 Å². The van der Waals surface area contributed by atoms with E-state index in [2.05, 4.69) is 15.3 Å². The van der Waals surface area contributed by atoms with E-state index in [4.69, 9.17) is 4.74 Å². The third-order valence-electron chi connectivity index (χ3n) is 2.53. The predicted octanol–water partition coefficient (Wildman–Crippen LogP) is 3.46. The van der Waals surface area contributed by atoms with E-state index in [-0.39, 0.29) is 5.82 Å². The van der Waals surface area contributed by atoms with Crippen molar-refractivity contribution < 1.29 is 9.13 Å². The first kappa shape index (κ1) is 13.3.